The first-order valence-corrected chi connectivity index (χ1v) is 6.27. The maximum absolute atomic E-state index is 12.0. The number of nitriles is 1. The molecule has 3 N–H and O–H groups in total. The van der Waals surface area contributed by atoms with Crippen LogP contribution in [0.4, 0.5) is 0 Å². The predicted octanol–water partition coefficient (Wildman–Crippen LogP) is -0.143. The lowest BCUT2D eigenvalue weighted by molar-refractivity contribution is -0.141. The summed E-state index contributed by atoms with van der Waals surface area (Å²) in [6, 6.07) is 1.42. The van der Waals surface area contributed by atoms with E-state index in [0.717, 1.165) is 5.01 Å². The topological polar surface area (TPSA) is 102 Å². The summed E-state index contributed by atoms with van der Waals surface area (Å²) in [6.07, 6.45) is 0. The standard InChI is InChI=1S/C12H23N5O2/c1-9(2)6-16(14)8-12(19)17(7-10(3)4)15-11(18)5-13/h9-10H,6-8,14H2,1-4H3,(H,15,18). The molecule has 0 unspecified atom stereocenters. The van der Waals surface area contributed by atoms with Gasteiger partial charge in [0, 0.05) is 13.1 Å². The van der Waals surface area contributed by atoms with Gasteiger partial charge in [-0.25, -0.2) is 5.01 Å². The highest BCUT2D eigenvalue weighted by Gasteiger charge is 2.19. The summed E-state index contributed by atoms with van der Waals surface area (Å²) in [5, 5.41) is 11.0. The van der Waals surface area contributed by atoms with Gasteiger partial charge < -0.3 is 0 Å². The molecule has 19 heavy (non-hydrogen) atoms. The summed E-state index contributed by atoms with van der Waals surface area (Å²) < 4.78 is 0. The minimum Gasteiger partial charge on any atom is -0.271 e. The molecule has 0 bridgehead atoms. The highest BCUT2D eigenvalue weighted by Crippen LogP contribution is 1.99. The minimum atomic E-state index is -0.860. The van der Waals surface area contributed by atoms with Gasteiger partial charge in [0.1, 0.15) is 0 Å². The molecule has 0 saturated heterocycles. The Labute approximate surface area is 114 Å². The van der Waals surface area contributed by atoms with Gasteiger partial charge in [0.2, 0.25) is 0 Å². The van der Waals surface area contributed by atoms with Gasteiger partial charge in [-0.2, -0.15) is 5.26 Å². The second-order valence-electron chi connectivity index (χ2n) is 5.27. The zero-order chi connectivity index (χ0) is 15.0. The first-order valence-electron chi connectivity index (χ1n) is 6.27. The van der Waals surface area contributed by atoms with E-state index in [1.807, 2.05) is 27.7 Å². The number of nitrogens with zero attached hydrogens (tertiary/aromatic N) is 3. The third-order valence-corrected chi connectivity index (χ3v) is 2.12. The molecule has 0 saturated carbocycles. The van der Waals surface area contributed by atoms with E-state index in [1.165, 1.54) is 11.1 Å². The molecule has 0 rings (SSSR count). The van der Waals surface area contributed by atoms with Crippen molar-refractivity contribution in [3.05, 3.63) is 0 Å². The molecule has 2 amide bonds. The van der Waals surface area contributed by atoms with Crippen molar-refractivity contribution < 1.29 is 9.59 Å². The summed E-state index contributed by atoms with van der Waals surface area (Å²) in [7, 11) is 0. The van der Waals surface area contributed by atoms with E-state index in [9.17, 15) is 9.59 Å². The molecule has 0 aliphatic rings. The largest absolute Gasteiger partial charge is 0.340 e. The Morgan fingerprint density at radius 3 is 2.16 bits per heavy atom. The predicted molar refractivity (Wildman–Crippen MR) is 70.9 cm³/mol. The van der Waals surface area contributed by atoms with Crippen LogP contribution in [0.2, 0.25) is 0 Å². The average molecular weight is 269 g/mol. The Morgan fingerprint density at radius 2 is 1.74 bits per heavy atom. The Kier molecular flexibility index (Phi) is 7.72. The lowest BCUT2D eigenvalue weighted by Crippen LogP contribution is -2.52. The second-order valence-corrected chi connectivity index (χ2v) is 5.27. The number of amides is 2. The van der Waals surface area contributed by atoms with Crippen LogP contribution in [0, 0.1) is 23.2 Å². The third-order valence-electron chi connectivity index (χ3n) is 2.12. The van der Waals surface area contributed by atoms with Crippen LogP contribution in [-0.2, 0) is 9.59 Å². The maximum atomic E-state index is 12.0. The van der Waals surface area contributed by atoms with Gasteiger partial charge in [0.15, 0.2) is 6.07 Å². The number of hydrogen-bond acceptors (Lipinski definition) is 5. The SMILES string of the molecule is CC(C)CN(N)CC(=O)N(CC(C)C)NC(=O)C#N. The van der Waals surface area contributed by atoms with Crippen LogP contribution in [-0.4, -0.2) is 41.5 Å². The summed E-state index contributed by atoms with van der Waals surface area (Å²) >= 11 is 0. The zero-order valence-corrected chi connectivity index (χ0v) is 12.0. The summed E-state index contributed by atoms with van der Waals surface area (Å²) in [6.45, 7) is 8.72. The molecule has 0 spiro atoms. The van der Waals surface area contributed by atoms with Gasteiger partial charge >= 0.3 is 5.91 Å². The van der Waals surface area contributed by atoms with E-state index in [1.54, 1.807) is 0 Å². The summed E-state index contributed by atoms with van der Waals surface area (Å²) in [5.41, 5.74) is 2.26. The second kappa shape index (κ2) is 8.45. The molecule has 0 aliphatic heterocycles. The smallest absolute Gasteiger partial charge is 0.271 e. The first kappa shape index (κ1) is 17.4. The maximum Gasteiger partial charge on any atom is 0.340 e. The van der Waals surface area contributed by atoms with Gasteiger partial charge in [-0.3, -0.25) is 25.9 Å². The first-order chi connectivity index (χ1) is 8.76. The minimum absolute atomic E-state index is 0.00336. The number of carbonyl (C=O) groups is 2. The van der Waals surface area contributed by atoms with E-state index in [0.29, 0.717) is 19.0 Å². The van der Waals surface area contributed by atoms with Gasteiger partial charge in [-0.05, 0) is 11.8 Å². The van der Waals surface area contributed by atoms with Crippen molar-refractivity contribution in [2.24, 2.45) is 17.7 Å². The van der Waals surface area contributed by atoms with Crippen molar-refractivity contribution in [2.45, 2.75) is 27.7 Å². The van der Waals surface area contributed by atoms with E-state index in [-0.39, 0.29) is 18.4 Å². The molecule has 0 aromatic rings. The van der Waals surface area contributed by atoms with E-state index >= 15 is 0 Å². The summed E-state index contributed by atoms with van der Waals surface area (Å²) in [5.74, 6) is 5.03. The zero-order valence-electron chi connectivity index (χ0n) is 12.0. The Bertz CT molecular complexity index is 349. The van der Waals surface area contributed by atoms with E-state index < -0.39 is 5.91 Å². The van der Waals surface area contributed by atoms with Crippen LogP contribution in [0.25, 0.3) is 0 Å². The molecule has 0 fully saturated rings. The van der Waals surface area contributed by atoms with Crippen LogP contribution in [0.1, 0.15) is 27.7 Å². The number of nitrogens with one attached hydrogen (secondary N) is 1. The molecule has 108 valence electrons. The van der Waals surface area contributed by atoms with Crippen molar-refractivity contribution in [1.29, 1.82) is 5.26 Å². The molecular weight excluding hydrogens is 246 g/mol. The van der Waals surface area contributed by atoms with Crippen molar-refractivity contribution in [3.8, 4) is 6.07 Å². The van der Waals surface area contributed by atoms with Gasteiger partial charge in [0.25, 0.3) is 5.91 Å². The van der Waals surface area contributed by atoms with Gasteiger partial charge in [-0.1, -0.05) is 27.7 Å². The van der Waals surface area contributed by atoms with Crippen molar-refractivity contribution in [2.75, 3.05) is 19.6 Å². The highest BCUT2D eigenvalue weighted by molar-refractivity contribution is 5.92. The van der Waals surface area contributed by atoms with Crippen LogP contribution in [0.15, 0.2) is 0 Å². The monoisotopic (exact) mass is 269 g/mol. The van der Waals surface area contributed by atoms with Crippen LogP contribution in [0.5, 0.6) is 0 Å². The van der Waals surface area contributed by atoms with Crippen LogP contribution < -0.4 is 11.3 Å². The fraction of sp³-hybridized carbons (Fsp3) is 0.750. The number of hydrogen-bond donors (Lipinski definition) is 2. The van der Waals surface area contributed by atoms with Gasteiger partial charge in [0.05, 0.1) is 6.54 Å². The molecular formula is C12H23N5O2. The molecule has 0 aromatic carbocycles. The van der Waals surface area contributed by atoms with E-state index in [2.05, 4.69) is 5.43 Å². The van der Waals surface area contributed by atoms with Crippen molar-refractivity contribution >= 4 is 11.8 Å². The van der Waals surface area contributed by atoms with Crippen LogP contribution in [0.3, 0.4) is 0 Å². The normalized spacial score (nSPS) is 10.7. The number of nitrogens with two attached hydrogens (primary N) is 1. The van der Waals surface area contributed by atoms with E-state index in [4.69, 9.17) is 11.1 Å². The fourth-order valence-electron chi connectivity index (χ4n) is 1.52. The lowest BCUT2D eigenvalue weighted by atomic mass is 10.2. The van der Waals surface area contributed by atoms with Crippen molar-refractivity contribution in [3.63, 3.8) is 0 Å². The third kappa shape index (κ3) is 8.13. The molecule has 7 nitrogen and oxygen atoms in total. The number of hydrazine groups is 2. The lowest BCUT2D eigenvalue weighted by Gasteiger charge is -2.26. The van der Waals surface area contributed by atoms with Crippen LogP contribution >= 0.6 is 0 Å². The van der Waals surface area contributed by atoms with Gasteiger partial charge in [-0.15, -0.1) is 0 Å². The Balaban J connectivity index is 4.54. The number of carbonyl (C=O) groups excluding carboxylic acids is 2. The highest BCUT2D eigenvalue weighted by atomic mass is 16.2. The summed E-state index contributed by atoms with van der Waals surface area (Å²) in [4.78, 5) is 23.1. The molecule has 7 heteroatoms. The number of rotatable bonds is 6. The molecule has 0 radical (unpaired) electrons. The Hall–Kier alpha value is -1.65. The molecule has 0 atom stereocenters. The molecule has 0 heterocycles. The average Bonchev–Trinajstić information content (AvgIpc) is 2.25. The molecule has 0 aliphatic carbocycles. The fourth-order valence-corrected chi connectivity index (χ4v) is 1.52. The quantitative estimate of drug-likeness (QED) is 0.397. The Morgan fingerprint density at radius 1 is 1.21 bits per heavy atom. The molecule has 0 aromatic heterocycles. The van der Waals surface area contributed by atoms with Crippen molar-refractivity contribution in [1.82, 2.24) is 15.4 Å².